The molecule has 0 bridgehead atoms. The highest BCUT2D eigenvalue weighted by Crippen LogP contribution is 2.38. The fraction of sp³-hybridized carbons (Fsp3) is 0.536. The molecule has 1 N–H and O–H groups in total. The van der Waals surface area contributed by atoms with E-state index in [0.29, 0.717) is 18.6 Å². The average molecular weight is 504 g/mol. The van der Waals surface area contributed by atoms with Gasteiger partial charge in [0.15, 0.2) is 0 Å². The number of esters is 1. The van der Waals surface area contributed by atoms with Crippen molar-refractivity contribution in [2.24, 2.45) is 0 Å². The van der Waals surface area contributed by atoms with Gasteiger partial charge in [-0.1, -0.05) is 53.7 Å². The van der Waals surface area contributed by atoms with Gasteiger partial charge in [-0.3, -0.25) is 14.6 Å². The molecule has 1 amide bonds. The first-order chi connectivity index (χ1) is 16.1. The summed E-state index contributed by atoms with van der Waals surface area (Å²) in [6.45, 7) is 14.3. The van der Waals surface area contributed by atoms with Gasteiger partial charge >= 0.3 is 5.97 Å². The van der Waals surface area contributed by atoms with E-state index in [1.165, 1.54) is 11.1 Å². The van der Waals surface area contributed by atoms with Crippen molar-refractivity contribution < 1.29 is 31.5 Å². The summed E-state index contributed by atoms with van der Waals surface area (Å²) in [4.78, 5) is 27.9. The monoisotopic (exact) mass is 503 g/mol. The largest absolute Gasteiger partial charge is 1.00 e. The molecule has 0 saturated carbocycles. The Bertz CT molecular complexity index is 945. The quantitative estimate of drug-likeness (QED) is 0.336. The summed E-state index contributed by atoms with van der Waals surface area (Å²) in [5, 5.41) is 2.72. The summed E-state index contributed by atoms with van der Waals surface area (Å²) < 4.78 is 11.3. The Morgan fingerprint density at radius 1 is 0.943 bits per heavy atom. The Kier molecular flexibility index (Phi) is 12.2. The van der Waals surface area contributed by atoms with E-state index < -0.39 is 0 Å². The maximum absolute atomic E-state index is 12.0. The van der Waals surface area contributed by atoms with Gasteiger partial charge in [0, 0.05) is 29.9 Å². The number of rotatable bonds is 13. The van der Waals surface area contributed by atoms with Crippen molar-refractivity contribution in [2.45, 2.75) is 78.1 Å². The molecule has 0 spiro atoms. The molecule has 2 aromatic rings. The number of ether oxygens (including phenoxy) is 2. The van der Waals surface area contributed by atoms with Crippen LogP contribution in [-0.2, 0) is 20.4 Å². The Morgan fingerprint density at radius 2 is 1.60 bits per heavy atom. The van der Waals surface area contributed by atoms with Crippen molar-refractivity contribution in [1.82, 2.24) is 10.3 Å². The van der Waals surface area contributed by atoms with Gasteiger partial charge in [-0.15, -0.1) is 0 Å². The number of aromatic nitrogens is 1. The van der Waals surface area contributed by atoms with Crippen LogP contribution in [0.2, 0.25) is 0 Å². The van der Waals surface area contributed by atoms with Crippen LogP contribution in [0.3, 0.4) is 0 Å². The molecule has 1 aromatic heterocycles. The Balaban J connectivity index is 0.00000612. The number of benzene rings is 1. The van der Waals surface area contributed by atoms with E-state index in [-0.39, 0.29) is 54.7 Å². The zero-order valence-corrected chi connectivity index (χ0v) is 22.7. The highest BCUT2D eigenvalue weighted by molar-refractivity contribution is 5.93. The van der Waals surface area contributed by atoms with Gasteiger partial charge in [-0.25, -0.2) is 0 Å². The van der Waals surface area contributed by atoms with Crippen LogP contribution in [0.15, 0.2) is 42.7 Å². The Hall–Kier alpha value is -2.60. The zero-order chi connectivity index (χ0) is 25.2. The molecule has 7 heteroatoms. The fourth-order valence-electron chi connectivity index (χ4n) is 3.41. The molecule has 1 aromatic carbocycles. The minimum Gasteiger partial charge on any atom is -1.00 e. The van der Waals surface area contributed by atoms with Gasteiger partial charge in [0.25, 0.3) is 5.91 Å². The first kappa shape index (κ1) is 30.4. The van der Waals surface area contributed by atoms with Crippen LogP contribution in [-0.4, -0.2) is 36.6 Å². The lowest BCUT2D eigenvalue weighted by atomic mass is 9.76. The molecule has 194 valence electrons. The van der Waals surface area contributed by atoms with Gasteiger partial charge in [-0.2, -0.15) is 0 Å². The summed E-state index contributed by atoms with van der Waals surface area (Å²) >= 11 is 0. The van der Waals surface area contributed by atoms with E-state index >= 15 is 0 Å². The maximum Gasteiger partial charge on any atom is 0.305 e. The highest BCUT2D eigenvalue weighted by atomic mass is 35.5. The third kappa shape index (κ3) is 9.17. The predicted molar refractivity (Wildman–Crippen MR) is 135 cm³/mol. The number of halogens is 1. The standard InChI is InChI=1S/C28H40N2O4.ClH/c1-7-27(3,4)22-11-12-24(23(20-22)28(5,6)8-2)33-18-9-10-25(31)34-19-17-30-26(32)21-13-15-29-16-14-21;/h11-16,20H,7-10,17-19H2,1-6H3,(H,30,32);1H/p-1. The lowest BCUT2D eigenvalue weighted by Gasteiger charge is -2.30. The third-order valence-corrected chi connectivity index (χ3v) is 6.63. The molecular weight excluding hydrogens is 464 g/mol. The number of amides is 1. The number of hydrogen-bond donors (Lipinski definition) is 1. The fourth-order valence-corrected chi connectivity index (χ4v) is 3.41. The van der Waals surface area contributed by atoms with Crippen molar-refractivity contribution >= 4 is 11.9 Å². The lowest BCUT2D eigenvalue weighted by molar-refractivity contribution is -0.143. The van der Waals surface area contributed by atoms with Gasteiger partial charge in [0.05, 0.1) is 13.2 Å². The molecule has 0 aliphatic carbocycles. The second-order valence-corrected chi connectivity index (χ2v) is 9.85. The van der Waals surface area contributed by atoms with Crippen LogP contribution in [0, 0.1) is 0 Å². The maximum atomic E-state index is 12.0. The molecule has 2 rings (SSSR count). The first-order valence-corrected chi connectivity index (χ1v) is 12.2. The van der Waals surface area contributed by atoms with E-state index in [1.807, 2.05) is 0 Å². The van der Waals surface area contributed by atoms with Gasteiger partial charge in [0.1, 0.15) is 12.4 Å². The minimum absolute atomic E-state index is 0. The summed E-state index contributed by atoms with van der Waals surface area (Å²) in [5.74, 6) is 0.372. The molecule has 0 radical (unpaired) electrons. The molecule has 0 aliphatic rings. The van der Waals surface area contributed by atoms with E-state index in [1.54, 1.807) is 24.5 Å². The SMILES string of the molecule is CCC(C)(C)c1ccc(OCCCC(=O)OCCNC(=O)c2ccncc2)c(C(C)(C)CC)c1.[Cl-]. The van der Waals surface area contributed by atoms with Crippen molar-refractivity contribution in [3.8, 4) is 5.75 Å². The van der Waals surface area contributed by atoms with E-state index in [9.17, 15) is 9.59 Å². The molecule has 0 aliphatic heterocycles. The number of nitrogens with zero attached hydrogens (tertiary/aromatic N) is 1. The smallest absolute Gasteiger partial charge is 0.305 e. The first-order valence-electron chi connectivity index (χ1n) is 12.2. The van der Waals surface area contributed by atoms with Crippen molar-refractivity contribution in [3.63, 3.8) is 0 Å². The van der Waals surface area contributed by atoms with E-state index in [4.69, 9.17) is 9.47 Å². The molecule has 0 saturated heterocycles. The van der Waals surface area contributed by atoms with Gasteiger partial charge < -0.3 is 27.2 Å². The number of carbonyl (C=O) groups is 2. The van der Waals surface area contributed by atoms with E-state index in [2.05, 4.69) is 70.0 Å². The van der Waals surface area contributed by atoms with Crippen molar-refractivity contribution in [3.05, 3.63) is 59.4 Å². The van der Waals surface area contributed by atoms with Crippen LogP contribution in [0.4, 0.5) is 0 Å². The number of nitrogens with one attached hydrogen (secondary N) is 1. The highest BCUT2D eigenvalue weighted by Gasteiger charge is 2.26. The molecule has 0 atom stereocenters. The molecule has 0 fully saturated rings. The molecular formula is C28H40ClN2O4-. The number of pyridine rings is 1. The minimum atomic E-state index is -0.295. The average Bonchev–Trinajstić information content (AvgIpc) is 2.84. The van der Waals surface area contributed by atoms with Crippen LogP contribution < -0.4 is 22.5 Å². The van der Waals surface area contributed by atoms with E-state index in [0.717, 1.165) is 18.6 Å². The number of carbonyl (C=O) groups excluding carboxylic acids is 2. The predicted octanol–water partition coefficient (Wildman–Crippen LogP) is 2.59. The van der Waals surface area contributed by atoms with Gasteiger partial charge in [-0.05, 0) is 53.9 Å². The Labute approximate surface area is 216 Å². The second-order valence-electron chi connectivity index (χ2n) is 9.85. The van der Waals surface area contributed by atoms with Crippen LogP contribution in [0.5, 0.6) is 5.75 Å². The van der Waals surface area contributed by atoms with Crippen LogP contribution in [0.1, 0.15) is 88.7 Å². The van der Waals surface area contributed by atoms with Crippen LogP contribution >= 0.6 is 0 Å². The van der Waals surface area contributed by atoms with Gasteiger partial charge in [0.2, 0.25) is 0 Å². The lowest BCUT2D eigenvalue weighted by Crippen LogP contribution is -3.00. The molecule has 35 heavy (non-hydrogen) atoms. The summed E-state index contributed by atoms with van der Waals surface area (Å²) in [6.07, 6.45) is 6.02. The summed E-state index contributed by atoms with van der Waals surface area (Å²) in [5.41, 5.74) is 3.16. The third-order valence-electron chi connectivity index (χ3n) is 6.63. The molecule has 1 heterocycles. The summed E-state index contributed by atoms with van der Waals surface area (Å²) in [6, 6.07) is 9.78. The van der Waals surface area contributed by atoms with Crippen molar-refractivity contribution in [1.29, 1.82) is 0 Å². The normalized spacial score (nSPS) is 11.4. The second kappa shape index (κ2) is 14.1. The Morgan fingerprint density at radius 3 is 2.23 bits per heavy atom. The van der Waals surface area contributed by atoms with Crippen LogP contribution in [0.25, 0.3) is 0 Å². The summed E-state index contributed by atoms with van der Waals surface area (Å²) in [7, 11) is 0. The molecule has 0 unspecified atom stereocenters. The topological polar surface area (TPSA) is 77.5 Å². The number of hydrogen-bond acceptors (Lipinski definition) is 5. The van der Waals surface area contributed by atoms with Crippen molar-refractivity contribution in [2.75, 3.05) is 19.8 Å². The molecule has 6 nitrogen and oxygen atoms in total. The zero-order valence-electron chi connectivity index (χ0n) is 21.9.